The summed E-state index contributed by atoms with van der Waals surface area (Å²) in [6, 6.07) is 9.29. The Hall–Kier alpha value is -1.90. The first kappa shape index (κ1) is 14.2. The van der Waals surface area contributed by atoms with E-state index in [1.165, 1.54) is 0 Å². The van der Waals surface area contributed by atoms with Gasteiger partial charge in [0.25, 0.3) is 0 Å². The van der Waals surface area contributed by atoms with Crippen LogP contribution in [0.15, 0.2) is 35.9 Å². The van der Waals surface area contributed by atoms with Gasteiger partial charge in [-0.1, -0.05) is 44.2 Å². The van der Waals surface area contributed by atoms with Crippen LogP contribution in [0.3, 0.4) is 0 Å². The monoisotopic (exact) mass is 246 g/mol. The average Bonchev–Trinajstić information content (AvgIpc) is 2.42. The smallest absolute Gasteiger partial charge is 0.341 e. The maximum atomic E-state index is 11.8. The summed E-state index contributed by atoms with van der Waals surface area (Å²) in [6.45, 7) is 3.98. The first-order valence-electron chi connectivity index (χ1n) is 6.16. The SMILES string of the molecule is CCCOC(=O)C(=Cc1ccccc1)C(=O)CC. The van der Waals surface area contributed by atoms with Gasteiger partial charge in [0.2, 0.25) is 0 Å². The lowest BCUT2D eigenvalue weighted by molar-refractivity contribution is -0.140. The lowest BCUT2D eigenvalue weighted by atomic mass is 10.1. The molecule has 3 nitrogen and oxygen atoms in total. The molecule has 1 aromatic carbocycles. The molecule has 3 heteroatoms. The van der Waals surface area contributed by atoms with E-state index in [4.69, 9.17) is 4.74 Å². The maximum Gasteiger partial charge on any atom is 0.341 e. The van der Waals surface area contributed by atoms with Crippen molar-refractivity contribution in [3.63, 3.8) is 0 Å². The van der Waals surface area contributed by atoms with Crippen LogP contribution in [0, 0.1) is 0 Å². The van der Waals surface area contributed by atoms with Crippen molar-refractivity contribution in [2.45, 2.75) is 26.7 Å². The Balaban J connectivity index is 2.95. The van der Waals surface area contributed by atoms with E-state index < -0.39 is 5.97 Å². The van der Waals surface area contributed by atoms with Crippen LogP contribution in [-0.2, 0) is 14.3 Å². The van der Waals surface area contributed by atoms with E-state index in [0.717, 1.165) is 12.0 Å². The van der Waals surface area contributed by atoms with Crippen molar-refractivity contribution in [1.82, 2.24) is 0 Å². The molecule has 1 rings (SSSR count). The van der Waals surface area contributed by atoms with Gasteiger partial charge < -0.3 is 4.74 Å². The van der Waals surface area contributed by atoms with Crippen LogP contribution < -0.4 is 0 Å². The van der Waals surface area contributed by atoms with Crippen molar-refractivity contribution in [1.29, 1.82) is 0 Å². The Morgan fingerprint density at radius 3 is 2.39 bits per heavy atom. The zero-order chi connectivity index (χ0) is 13.4. The third-order valence-electron chi connectivity index (χ3n) is 2.39. The number of esters is 1. The summed E-state index contributed by atoms with van der Waals surface area (Å²) in [4.78, 5) is 23.5. The molecule has 0 amide bonds. The summed E-state index contributed by atoms with van der Waals surface area (Å²) in [5, 5.41) is 0. The largest absolute Gasteiger partial charge is 0.462 e. The molecular weight excluding hydrogens is 228 g/mol. The topological polar surface area (TPSA) is 43.4 Å². The Bertz CT molecular complexity index is 432. The van der Waals surface area contributed by atoms with Gasteiger partial charge in [0.05, 0.1) is 6.61 Å². The third kappa shape index (κ3) is 4.17. The van der Waals surface area contributed by atoms with Crippen molar-refractivity contribution < 1.29 is 14.3 Å². The van der Waals surface area contributed by atoms with Crippen LogP contribution in [0.4, 0.5) is 0 Å². The first-order chi connectivity index (χ1) is 8.69. The van der Waals surface area contributed by atoms with Crippen molar-refractivity contribution >= 4 is 17.8 Å². The normalized spacial score (nSPS) is 11.1. The van der Waals surface area contributed by atoms with E-state index in [1.807, 2.05) is 37.3 Å². The van der Waals surface area contributed by atoms with Gasteiger partial charge in [-0.3, -0.25) is 4.79 Å². The number of ketones is 1. The number of rotatable bonds is 6. The molecular formula is C15H18O3. The lowest BCUT2D eigenvalue weighted by Gasteiger charge is -2.06. The Labute approximate surface area is 107 Å². The highest BCUT2D eigenvalue weighted by molar-refractivity contribution is 6.20. The number of hydrogen-bond donors (Lipinski definition) is 0. The molecule has 1 aromatic rings. The maximum absolute atomic E-state index is 11.8. The van der Waals surface area contributed by atoms with Gasteiger partial charge in [-0.05, 0) is 18.1 Å². The van der Waals surface area contributed by atoms with Gasteiger partial charge in [-0.25, -0.2) is 4.79 Å². The highest BCUT2D eigenvalue weighted by atomic mass is 16.5. The Morgan fingerprint density at radius 2 is 1.83 bits per heavy atom. The summed E-state index contributed by atoms with van der Waals surface area (Å²) in [5.41, 5.74) is 0.944. The van der Waals surface area contributed by atoms with Gasteiger partial charge in [0, 0.05) is 6.42 Å². The predicted molar refractivity (Wildman–Crippen MR) is 71.0 cm³/mol. The molecule has 0 heterocycles. The number of hydrogen-bond acceptors (Lipinski definition) is 3. The molecule has 0 atom stereocenters. The molecule has 0 fully saturated rings. The molecule has 0 aliphatic rings. The van der Waals surface area contributed by atoms with Gasteiger partial charge in [0.1, 0.15) is 5.57 Å². The summed E-state index contributed by atoms with van der Waals surface area (Å²) in [7, 11) is 0. The quantitative estimate of drug-likeness (QED) is 0.335. The van der Waals surface area contributed by atoms with E-state index in [0.29, 0.717) is 13.0 Å². The second-order valence-electron chi connectivity index (χ2n) is 3.88. The van der Waals surface area contributed by atoms with Crippen LogP contribution in [0.25, 0.3) is 6.08 Å². The molecule has 0 spiro atoms. The fraction of sp³-hybridized carbons (Fsp3) is 0.333. The third-order valence-corrected chi connectivity index (χ3v) is 2.39. The molecule has 0 saturated carbocycles. The van der Waals surface area contributed by atoms with Crippen molar-refractivity contribution in [3.8, 4) is 0 Å². The lowest BCUT2D eigenvalue weighted by Crippen LogP contribution is -2.15. The van der Waals surface area contributed by atoms with Crippen LogP contribution in [-0.4, -0.2) is 18.4 Å². The Morgan fingerprint density at radius 1 is 1.17 bits per heavy atom. The van der Waals surface area contributed by atoms with E-state index in [1.54, 1.807) is 13.0 Å². The van der Waals surface area contributed by atoms with Crippen molar-refractivity contribution in [2.75, 3.05) is 6.61 Å². The van der Waals surface area contributed by atoms with Gasteiger partial charge >= 0.3 is 5.97 Å². The molecule has 0 N–H and O–H groups in total. The summed E-state index contributed by atoms with van der Waals surface area (Å²) in [5.74, 6) is -0.729. The molecule has 0 unspecified atom stereocenters. The number of ether oxygens (including phenoxy) is 1. The molecule has 96 valence electrons. The minimum atomic E-state index is -0.535. The number of carbonyl (C=O) groups is 2. The summed E-state index contributed by atoms with van der Waals surface area (Å²) < 4.78 is 5.02. The highest BCUT2D eigenvalue weighted by Gasteiger charge is 2.17. The van der Waals surface area contributed by atoms with Crippen molar-refractivity contribution in [2.24, 2.45) is 0 Å². The zero-order valence-corrected chi connectivity index (χ0v) is 10.8. The predicted octanol–water partition coefficient (Wildman–Crippen LogP) is 3.00. The number of Topliss-reactive ketones (excluding diaryl/α,β-unsaturated/α-hetero) is 1. The first-order valence-corrected chi connectivity index (χ1v) is 6.16. The van der Waals surface area contributed by atoms with Crippen molar-refractivity contribution in [3.05, 3.63) is 41.5 Å². The van der Waals surface area contributed by atoms with Gasteiger partial charge in [-0.2, -0.15) is 0 Å². The molecule has 0 aliphatic carbocycles. The highest BCUT2D eigenvalue weighted by Crippen LogP contribution is 2.11. The van der Waals surface area contributed by atoms with E-state index >= 15 is 0 Å². The number of benzene rings is 1. The second-order valence-corrected chi connectivity index (χ2v) is 3.88. The minimum absolute atomic E-state index is 0.122. The molecule has 18 heavy (non-hydrogen) atoms. The summed E-state index contributed by atoms with van der Waals surface area (Å²) in [6.07, 6.45) is 2.62. The van der Waals surface area contributed by atoms with E-state index in [-0.39, 0.29) is 11.4 Å². The second kappa shape index (κ2) is 7.43. The Kier molecular flexibility index (Phi) is 5.85. The molecule has 0 radical (unpaired) electrons. The fourth-order valence-electron chi connectivity index (χ4n) is 1.43. The van der Waals surface area contributed by atoms with Crippen LogP contribution in [0.5, 0.6) is 0 Å². The van der Waals surface area contributed by atoms with E-state index in [2.05, 4.69) is 0 Å². The standard InChI is InChI=1S/C15H18O3/c1-3-10-18-15(17)13(14(16)4-2)11-12-8-6-5-7-9-12/h5-9,11H,3-4,10H2,1-2H3. The minimum Gasteiger partial charge on any atom is -0.462 e. The van der Waals surface area contributed by atoms with Crippen LogP contribution in [0.1, 0.15) is 32.3 Å². The fourth-order valence-corrected chi connectivity index (χ4v) is 1.43. The molecule has 0 bridgehead atoms. The molecule has 0 aromatic heterocycles. The van der Waals surface area contributed by atoms with Gasteiger partial charge in [0.15, 0.2) is 5.78 Å². The van der Waals surface area contributed by atoms with Crippen LogP contribution >= 0.6 is 0 Å². The molecule has 0 aliphatic heterocycles. The zero-order valence-electron chi connectivity index (χ0n) is 10.8. The van der Waals surface area contributed by atoms with E-state index in [9.17, 15) is 9.59 Å². The summed E-state index contributed by atoms with van der Waals surface area (Å²) >= 11 is 0. The molecule has 0 saturated heterocycles. The van der Waals surface area contributed by atoms with Gasteiger partial charge in [-0.15, -0.1) is 0 Å². The number of carbonyl (C=O) groups excluding carboxylic acids is 2. The average molecular weight is 246 g/mol. The van der Waals surface area contributed by atoms with Crippen LogP contribution in [0.2, 0.25) is 0 Å².